The molecular formula is C35H39FN8S. The van der Waals surface area contributed by atoms with Crippen molar-refractivity contribution in [3.8, 4) is 22.6 Å². The Bertz CT molecular complexity index is 2100. The number of aromatic amines is 2. The zero-order chi connectivity index (χ0) is 31.6. The topological polar surface area (TPSA) is 107 Å². The summed E-state index contributed by atoms with van der Waals surface area (Å²) >= 11 is 0. The Morgan fingerprint density at radius 2 is 1.96 bits per heavy atom. The van der Waals surface area contributed by atoms with Crippen LogP contribution < -0.4 is 20.6 Å². The number of nitrogens with one attached hydrogen (secondary N) is 4. The molecule has 1 aliphatic rings. The maximum Gasteiger partial charge on any atom is 0.178 e. The number of hydrogen-bond donors (Lipinski definition) is 4. The minimum atomic E-state index is -1.43. The van der Waals surface area contributed by atoms with E-state index in [9.17, 15) is 4.39 Å². The number of allylic oxidation sites excluding steroid dienone is 2. The summed E-state index contributed by atoms with van der Waals surface area (Å²) in [4.78, 5) is 17.0. The van der Waals surface area contributed by atoms with Crippen LogP contribution in [0.5, 0.6) is 0 Å². The van der Waals surface area contributed by atoms with Gasteiger partial charge in [-0.3, -0.25) is 14.8 Å². The summed E-state index contributed by atoms with van der Waals surface area (Å²) in [7, 11) is -1.43. The van der Waals surface area contributed by atoms with E-state index in [2.05, 4.69) is 72.6 Å². The molecule has 0 bridgehead atoms. The number of fused-ring (bicyclic) bond motifs is 1. The Morgan fingerprint density at radius 1 is 1.13 bits per heavy atom. The van der Waals surface area contributed by atoms with E-state index in [0.29, 0.717) is 40.4 Å². The first-order valence-electron chi connectivity index (χ1n) is 15.0. The first-order chi connectivity index (χ1) is 21.6. The normalized spacial score (nSPS) is 15.3. The molecule has 0 unspecified atom stereocenters. The van der Waals surface area contributed by atoms with Gasteiger partial charge in [-0.05, 0) is 116 Å². The highest BCUT2D eigenvalue weighted by atomic mass is 32.2. The van der Waals surface area contributed by atoms with E-state index in [0.717, 1.165) is 52.7 Å². The van der Waals surface area contributed by atoms with Crippen LogP contribution >= 0.6 is 9.39 Å². The van der Waals surface area contributed by atoms with E-state index in [-0.39, 0.29) is 5.82 Å². The smallest absolute Gasteiger partial charge is 0.178 e. The van der Waals surface area contributed by atoms with E-state index in [1.165, 1.54) is 30.5 Å². The maximum atomic E-state index is 14.7. The summed E-state index contributed by atoms with van der Waals surface area (Å²) in [5.74, 6) is 9.02. The molecule has 232 valence electrons. The third-order valence-corrected chi connectivity index (χ3v) is 8.98. The molecule has 4 aromatic heterocycles. The fraction of sp³-hybridized carbons (Fsp3) is 0.257. The number of imidazole rings is 1. The summed E-state index contributed by atoms with van der Waals surface area (Å²) in [5.41, 5.74) is 7.61. The molecule has 4 N–H and O–H groups in total. The second-order valence-electron chi connectivity index (χ2n) is 12.0. The quantitative estimate of drug-likeness (QED) is 0.178. The lowest BCUT2D eigenvalue weighted by atomic mass is 9.91. The zero-order valence-electron chi connectivity index (χ0n) is 25.8. The number of benzene rings is 1. The average Bonchev–Trinajstić information content (AvgIpc) is 3.61. The molecule has 45 heavy (non-hydrogen) atoms. The lowest BCUT2D eigenvalue weighted by Gasteiger charge is -2.22. The summed E-state index contributed by atoms with van der Waals surface area (Å²) in [6.07, 6.45) is 15.0. The number of nitrogens with zero attached hydrogens (tertiary/aromatic N) is 4. The second kappa shape index (κ2) is 12.9. The SMILES string of the molecule is C=c1c(-c2nc3nccc(-c4cc(F)cc(CNS(=C)(=C)C)c4)c3[nH]2)n[nH]/c1=C/C=C(\C)c1cncc(CC2CCNCC2)c1. The third-order valence-electron chi connectivity index (χ3n) is 8.14. The van der Waals surface area contributed by atoms with Crippen molar-refractivity contribution in [1.82, 2.24) is 40.2 Å². The number of halogens is 1. The van der Waals surface area contributed by atoms with Crippen molar-refractivity contribution in [3.05, 3.63) is 88.1 Å². The first-order valence-corrected chi connectivity index (χ1v) is 17.4. The standard InChI is InChI=1S/C35H39FN8S/c1-22(28-16-25(19-38-21-28)14-24-8-11-37-12-9-24)6-7-31-23(2)32(44-43-31)35-41-33-30(10-13-39-34(33)42-35)27-15-26(17-29(36)18-27)20-40-45(3,4)5/h6-7,10,13,15-19,21,24,37,40,43H,2-4,8-9,11-12,14,20H2,1,5H3,(H,39,41,42)/b22-6+,31-7+. The van der Waals surface area contributed by atoms with Gasteiger partial charge in [0.1, 0.15) is 11.5 Å². The van der Waals surface area contributed by atoms with Crippen LogP contribution in [0.15, 0.2) is 55.0 Å². The molecule has 0 amide bonds. The van der Waals surface area contributed by atoms with Crippen molar-refractivity contribution in [2.24, 2.45) is 5.92 Å². The Labute approximate surface area is 263 Å². The Balaban J connectivity index is 1.27. The highest BCUT2D eigenvalue weighted by Crippen LogP contribution is 2.29. The van der Waals surface area contributed by atoms with Gasteiger partial charge in [-0.2, -0.15) is 14.5 Å². The molecule has 1 aromatic carbocycles. The summed E-state index contributed by atoms with van der Waals surface area (Å²) in [5, 5.41) is 12.6. The number of aromatic nitrogens is 6. The molecule has 5 aromatic rings. The minimum absolute atomic E-state index is 0.320. The molecule has 5 heterocycles. The number of rotatable bonds is 9. The van der Waals surface area contributed by atoms with Crippen LogP contribution in [-0.4, -0.2) is 61.2 Å². The van der Waals surface area contributed by atoms with Crippen molar-refractivity contribution in [2.45, 2.75) is 32.7 Å². The number of pyridine rings is 2. The van der Waals surface area contributed by atoms with E-state index >= 15 is 0 Å². The van der Waals surface area contributed by atoms with Crippen molar-refractivity contribution in [1.29, 1.82) is 0 Å². The first kappa shape index (κ1) is 30.6. The minimum Gasteiger partial charge on any atom is -0.335 e. The van der Waals surface area contributed by atoms with Gasteiger partial charge in [0.15, 0.2) is 11.5 Å². The van der Waals surface area contributed by atoms with Crippen LogP contribution in [0.3, 0.4) is 0 Å². The average molecular weight is 623 g/mol. The fourth-order valence-corrected chi connectivity index (χ4v) is 6.20. The highest BCUT2D eigenvalue weighted by molar-refractivity contribution is 8.25. The molecule has 6 rings (SSSR count). The van der Waals surface area contributed by atoms with Gasteiger partial charge in [-0.1, -0.05) is 24.4 Å². The molecular weight excluding hydrogens is 584 g/mol. The fourth-order valence-electron chi connectivity index (χ4n) is 5.68. The van der Waals surface area contributed by atoms with Gasteiger partial charge in [-0.25, -0.2) is 14.4 Å². The molecule has 0 saturated carbocycles. The Morgan fingerprint density at radius 3 is 2.76 bits per heavy atom. The van der Waals surface area contributed by atoms with Gasteiger partial charge in [0.2, 0.25) is 0 Å². The summed E-state index contributed by atoms with van der Waals surface area (Å²) in [6.45, 7) is 9.03. The molecule has 1 aliphatic heterocycles. The molecule has 1 fully saturated rings. The van der Waals surface area contributed by atoms with Crippen LogP contribution in [0.1, 0.15) is 36.5 Å². The van der Waals surface area contributed by atoms with Crippen molar-refractivity contribution in [3.63, 3.8) is 0 Å². The molecule has 0 aliphatic carbocycles. The predicted octanol–water partition coefficient (Wildman–Crippen LogP) is 4.69. The maximum absolute atomic E-state index is 14.7. The van der Waals surface area contributed by atoms with Gasteiger partial charge >= 0.3 is 0 Å². The van der Waals surface area contributed by atoms with Gasteiger partial charge in [0.05, 0.1) is 10.9 Å². The molecule has 1 saturated heterocycles. The van der Waals surface area contributed by atoms with E-state index in [4.69, 9.17) is 4.98 Å². The molecule has 0 spiro atoms. The van der Waals surface area contributed by atoms with Crippen molar-refractivity contribution in [2.75, 3.05) is 19.3 Å². The Hall–Kier alpha value is -4.38. The number of hydrogen-bond acceptors (Lipinski definition) is 6. The second-order valence-corrected chi connectivity index (χ2v) is 14.9. The lowest BCUT2D eigenvalue weighted by molar-refractivity contribution is 0.372. The van der Waals surface area contributed by atoms with Crippen LogP contribution in [0, 0.1) is 11.7 Å². The molecule has 0 atom stereocenters. The van der Waals surface area contributed by atoms with Gasteiger partial charge in [0.25, 0.3) is 0 Å². The van der Waals surface area contributed by atoms with Gasteiger partial charge < -0.3 is 10.3 Å². The third kappa shape index (κ3) is 7.30. The molecule has 10 heteroatoms. The van der Waals surface area contributed by atoms with Gasteiger partial charge in [-0.15, -0.1) is 0 Å². The molecule has 8 nitrogen and oxygen atoms in total. The van der Waals surface area contributed by atoms with Crippen molar-refractivity contribution >= 4 is 50.5 Å². The van der Waals surface area contributed by atoms with E-state index < -0.39 is 9.39 Å². The summed E-state index contributed by atoms with van der Waals surface area (Å²) < 4.78 is 18.0. The molecule has 0 radical (unpaired) electrons. The van der Waals surface area contributed by atoms with Crippen LogP contribution in [0.25, 0.3) is 52.0 Å². The monoisotopic (exact) mass is 622 g/mol. The predicted molar refractivity (Wildman–Crippen MR) is 188 cm³/mol. The Kier molecular flexibility index (Phi) is 8.80. The number of H-pyrrole nitrogens is 2. The van der Waals surface area contributed by atoms with E-state index in [1.807, 2.05) is 36.9 Å². The highest BCUT2D eigenvalue weighted by Gasteiger charge is 2.16. The van der Waals surface area contributed by atoms with Crippen molar-refractivity contribution < 1.29 is 4.39 Å². The zero-order valence-corrected chi connectivity index (χ0v) is 26.6. The van der Waals surface area contributed by atoms with Gasteiger partial charge in [0, 0.05) is 35.9 Å². The summed E-state index contributed by atoms with van der Waals surface area (Å²) in [6, 6.07) is 9.09. The van der Waals surface area contributed by atoms with Crippen LogP contribution in [0.4, 0.5) is 4.39 Å². The van der Waals surface area contributed by atoms with Crippen LogP contribution in [0.2, 0.25) is 0 Å². The number of piperidine rings is 1. The lowest BCUT2D eigenvalue weighted by Crippen LogP contribution is -2.28. The largest absolute Gasteiger partial charge is 0.335 e. The van der Waals surface area contributed by atoms with E-state index in [1.54, 1.807) is 6.20 Å². The van der Waals surface area contributed by atoms with Crippen LogP contribution in [-0.2, 0) is 13.0 Å².